The molecule has 1 saturated heterocycles. The van der Waals surface area contributed by atoms with Crippen LogP contribution >= 0.6 is 7.52 Å². The summed E-state index contributed by atoms with van der Waals surface area (Å²) in [5.74, 6) is 2.31. The molecule has 0 N–H and O–H groups in total. The number of benzene rings is 2. The molecule has 23 heavy (non-hydrogen) atoms. The van der Waals surface area contributed by atoms with E-state index < -0.39 is 7.52 Å². The summed E-state index contributed by atoms with van der Waals surface area (Å²) in [7, 11) is -3.11. The van der Waals surface area contributed by atoms with E-state index in [1.807, 2.05) is 71.4 Å². The Morgan fingerprint density at radius 3 is 2.22 bits per heavy atom. The van der Waals surface area contributed by atoms with Crippen molar-refractivity contribution >= 4 is 13.6 Å². The van der Waals surface area contributed by atoms with Crippen molar-refractivity contribution in [2.24, 2.45) is 0 Å². The fraction of sp³-hybridized carbons (Fsp3) is 0.222. The molecule has 3 rings (SSSR count). The van der Waals surface area contributed by atoms with Gasteiger partial charge in [0.1, 0.15) is 5.75 Å². The van der Waals surface area contributed by atoms with E-state index in [0.29, 0.717) is 32.1 Å². The summed E-state index contributed by atoms with van der Waals surface area (Å²) < 4.78 is 26.6. The molecule has 120 valence electrons. The molecule has 1 unspecified atom stereocenters. The number of nitrogens with zero attached hydrogens (tertiary/aromatic N) is 1. The van der Waals surface area contributed by atoms with Crippen molar-refractivity contribution in [3.63, 3.8) is 0 Å². The zero-order valence-electron chi connectivity index (χ0n) is 12.9. The van der Waals surface area contributed by atoms with Gasteiger partial charge in [0, 0.05) is 18.9 Å². The summed E-state index contributed by atoms with van der Waals surface area (Å²) in [5.41, 5.74) is 0.998. The van der Waals surface area contributed by atoms with Crippen LogP contribution in [0.5, 0.6) is 5.75 Å². The molecule has 1 atom stereocenters. The molecular weight excluding hydrogens is 309 g/mol. The van der Waals surface area contributed by atoms with Crippen molar-refractivity contribution in [1.29, 1.82) is 0 Å². The van der Waals surface area contributed by atoms with E-state index in [-0.39, 0.29) is 0 Å². The first-order chi connectivity index (χ1) is 11.3. The second kappa shape index (κ2) is 7.60. The van der Waals surface area contributed by atoms with E-state index in [2.05, 4.69) is 0 Å². The Bertz CT molecular complexity index is 682. The van der Waals surface area contributed by atoms with Gasteiger partial charge in [-0.05, 0) is 23.8 Å². The Hall–Kier alpha value is -1.87. The first-order valence-corrected chi connectivity index (χ1v) is 9.33. The number of hydrogen-bond donors (Lipinski definition) is 0. The lowest BCUT2D eigenvalue weighted by atomic mass is 10.2. The van der Waals surface area contributed by atoms with Gasteiger partial charge in [-0.15, -0.1) is 0 Å². The smallest absolute Gasteiger partial charge is 0.342 e. The summed E-state index contributed by atoms with van der Waals surface area (Å²) >= 11 is 0. The first-order valence-electron chi connectivity index (χ1n) is 7.68. The Morgan fingerprint density at radius 1 is 0.957 bits per heavy atom. The van der Waals surface area contributed by atoms with Gasteiger partial charge in [-0.3, -0.25) is 4.57 Å². The van der Waals surface area contributed by atoms with E-state index in [0.717, 1.165) is 5.56 Å². The SMILES string of the molecule is O=P(C=Cc1ccccc1)(Oc1ccccc1)N1CCOCC1. The first kappa shape index (κ1) is 16.0. The van der Waals surface area contributed by atoms with Crippen LogP contribution < -0.4 is 4.52 Å². The summed E-state index contributed by atoms with van der Waals surface area (Å²) in [6.45, 7) is 2.34. The third-order valence-corrected chi connectivity index (χ3v) is 5.80. The van der Waals surface area contributed by atoms with Crippen molar-refractivity contribution in [2.75, 3.05) is 26.3 Å². The summed E-state index contributed by atoms with van der Waals surface area (Å²) in [4.78, 5) is 0. The van der Waals surface area contributed by atoms with Crippen molar-refractivity contribution in [3.05, 3.63) is 72.0 Å². The lowest BCUT2D eigenvalue weighted by Gasteiger charge is -2.32. The van der Waals surface area contributed by atoms with E-state index in [1.54, 1.807) is 5.82 Å². The fourth-order valence-corrected chi connectivity index (χ4v) is 4.26. The van der Waals surface area contributed by atoms with Crippen LogP contribution in [-0.2, 0) is 9.30 Å². The van der Waals surface area contributed by atoms with Crippen LogP contribution in [0.15, 0.2) is 66.5 Å². The summed E-state index contributed by atoms with van der Waals surface area (Å²) in [6.07, 6.45) is 1.86. The molecule has 0 amide bonds. The van der Waals surface area contributed by atoms with Gasteiger partial charge < -0.3 is 9.26 Å². The number of hydrogen-bond acceptors (Lipinski definition) is 3. The van der Waals surface area contributed by atoms with E-state index >= 15 is 0 Å². The maximum absolute atomic E-state index is 13.5. The van der Waals surface area contributed by atoms with E-state index in [9.17, 15) is 4.57 Å². The average Bonchev–Trinajstić information content (AvgIpc) is 2.63. The molecule has 0 aromatic heterocycles. The van der Waals surface area contributed by atoms with Crippen molar-refractivity contribution in [2.45, 2.75) is 0 Å². The zero-order valence-corrected chi connectivity index (χ0v) is 13.8. The standard InChI is InChI=1S/C18H20NO3P/c20-23(19-12-14-21-15-13-19,22-18-9-5-2-6-10-18)16-11-17-7-3-1-4-8-17/h1-11,16H,12-15H2. The monoisotopic (exact) mass is 329 g/mol. The molecule has 1 fully saturated rings. The highest BCUT2D eigenvalue weighted by atomic mass is 31.2. The van der Waals surface area contributed by atoms with Crippen molar-refractivity contribution < 1.29 is 13.8 Å². The van der Waals surface area contributed by atoms with Gasteiger partial charge in [-0.25, -0.2) is 4.67 Å². The van der Waals surface area contributed by atoms with Crippen LogP contribution in [0.3, 0.4) is 0 Å². The molecule has 0 aliphatic carbocycles. The minimum absolute atomic E-state index is 0.571. The highest BCUT2D eigenvalue weighted by Gasteiger charge is 2.31. The minimum atomic E-state index is -3.11. The normalized spacial score (nSPS) is 18.6. The molecule has 5 heteroatoms. The van der Waals surface area contributed by atoms with Crippen molar-refractivity contribution in [1.82, 2.24) is 4.67 Å². The second-order valence-corrected chi connectivity index (χ2v) is 7.44. The van der Waals surface area contributed by atoms with Gasteiger partial charge in [0.05, 0.1) is 13.2 Å². The topological polar surface area (TPSA) is 38.8 Å². The Labute approximate surface area is 136 Å². The number of ether oxygens (including phenoxy) is 1. The molecule has 0 radical (unpaired) electrons. The molecule has 4 nitrogen and oxygen atoms in total. The van der Waals surface area contributed by atoms with Gasteiger partial charge in [0.2, 0.25) is 0 Å². The molecule has 0 saturated carbocycles. The van der Waals surface area contributed by atoms with Crippen LogP contribution in [0.2, 0.25) is 0 Å². The van der Waals surface area contributed by atoms with Gasteiger partial charge in [0.15, 0.2) is 0 Å². The molecule has 0 bridgehead atoms. The summed E-state index contributed by atoms with van der Waals surface area (Å²) in [6, 6.07) is 19.1. The molecule has 1 aliphatic heterocycles. The highest BCUT2D eigenvalue weighted by molar-refractivity contribution is 7.60. The third-order valence-electron chi connectivity index (χ3n) is 3.62. The molecule has 2 aromatic rings. The molecule has 1 aliphatic rings. The van der Waals surface area contributed by atoms with Crippen LogP contribution in [0.4, 0.5) is 0 Å². The molecule has 0 spiro atoms. The Kier molecular flexibility index (Phi) is 5.29. The molecule has 2 aromatic carbocycles. The minimum Gasteiger partial charge on any atom is -0.430 e. The highest BCUT2D eigenvalue weighted by Crippen LogP contribution is 2.52. The quantitative estimate of drug-likeness (QED) is 0.768. The predicted molar refractivity (Wildman–Crippen MR) is 92.5 cm³/mol. The maximum atomic E-state index is 13.5. The third kappa shape index (κ3) is 4.32. The molecular formula is C18H20NO3P. The number of para-hydroxylation sites is 1. The lowest BCUT2D eigenvalue weighted by Crippen LogP contribution is -2.34. The van der Waals surface area contributed by atoms with Gasteiger partial charge in [-0.1, -0.05) is 48.5 Å². The Balaban J connectivity index is 1.86. The van der Waals surface area contributed by atoms with Crippen LogP contribution in [0.1, 0.15) is 5.56 Å². The van der Waals surface area contributed by atoms with Gasteiger partial charge in [-0.2, -0.15) is 0 Å². The van der Waals surface area contributed by atoms with Gasteiger partial charge in [0.25, 0.3) is 0 Å². The van der Waals surface area contributed by atoms with Gasteiger partial charge >= 0.3 is 7.52 Å². The Morgan fingerprint density at radius 2 is 1.57 bits per heavy atom. The molecule has 1 heterocycles. The van der Waals surface area contributed by atoms with Crippen LogP contribution in [0, 0.1) is 0 Å². The van der Waals surface area contributed by atoms with E-state index in [1.165, 1.54) is 0 Å². The zero-order chi connectivity index (χ0) is 16.0. The predicted octanol–water partition coefficient (Wildman–Crippen LogP) is 4.26. The lowest BCUT2D eigenvalue weighted by molar-refractivity contribution is 0.0691. The fourth-order valence-electron chi connectivity index (χ4n) is 2.39. The summed E-state index contributed by atoms with van der Waals surface area (Å²) in [5, 5.41) is 0. The van der Waals surface area contributed by atoms with Crippen LogP contribution in [-0.4, -0.2) is 31.0 Å². The van der Waals surface area contributed by atoms with Crippen molar-refractivity contribution in [3.8, 4) is 5.75 Å². The number of rotatable bonds is 5. The largest absolute Gasteiger partial charge is 0.430 e. The average molecular weight is 329 g/mol. The maximum Gasteiger partial charge on any atom is 0.342 e. The van der Waals surface area contributed by atoms with E-state index in [4.69, 9.17) is 9.26 Å². The van der Waals surface area contributed by atoms with Crippen LogP contribution in [0.25, 0.3) is 6.08 Å². The number of morpholine rings is 1. The second-order valence-electron chi connectivity index (χ2n) is 5.26.